The van der Waals surface area contributed by atoms with Gasteiger partial charge in [-0.2, -0.15) is 0 Å². The number of benzene rings is 1. The highest BCUT2D eigenvalue weighted by atomic mass is 16.5. The molecule has 0 aliphatic carbocycles. The molecule has 0 fully saturated rings. The second-order valence-corrected chi connectivity index (χ2v) is 4.86. The highest BCUT2D eigenvalue weighted by Gasteiger charge is 2.14. The maximum atomic E-state index is 5.55. The molecular weight excluding hydrogens is 250 g/mol. The maximum Gasteiger partial charge on any atom is 0.131 e. The molecule has 3 rings (SSSR count). The highest BCUT2D eigenvalue weighted by molar-refractivity contribution is 5.65. The van der Waals surface area contributed by atoms with Crippen LogP contribution in [-0.2, 0) is 12.8 Å². The van der Waals surface area contributed by atoms with Crippen molar-refractivity contribution in [3.63, 3.8) is 0 Å². The van der Waals surface area contributed by atoms with E-state index in [1.165, 1.54) is 5.56 Å². The van der Waals surface area contributed by atoms with Crippen molar-refractivity contribution in [2.24, 2.45) is 0 Å². The van der Waals surface area contributed by atoms with Gasteiger partial charge in [-0.25, -0.2) is 9.97 Å². The van der Waals surface area contributed by atoms with E-state index in [9.17, 15) is 0 Å². The quantitative estimate of drug-likeness (QED) is 0.926. The summed E-state index contributed by atoms with van der Waals surface area (Å²) in [4.78, 5) is 9.13. The number of ether oxygens (including phenoxy) is 1. The van der Waals surface area contributed by atoms with Crippen molar-refractivity contribution in [3.8, 4) is 17.0 Å². The Morgan fingerprint density at radius 1 is 1.20 bits per heavy atom. The summed E-state index contributed by atoms with van der Waals surface area (Å²) >= 11 is 0. The average molecular weight is 269 g/mol. The molecule has 2 aromatic rings. The van der Waals surface area contributed by atoms with E-state index in [0.717, 1.165) is 54.6 Å². The van der Waals surface area contributed by atoms with Crippen molar-refractivity contribution in [3.05, 3.63) is 35.7 Å². The fourth-order valence-electron chi connectivity index (χ4n) is 2.42. The Bertz CT molecular complexity index is 625. The third kappa shape index (κ3) is 2.46. The van der Waals surface area contributed by atoms with Gasteiger partial charge in [-0.3, -0.25) is 0 Å². The van der Waals surface area contributed by atoms with Gasteiger partial charge in [0.25, 0.3) is 0 Å². The standard InChI is InChI=1S/C16H19N3O/c1-3-15-18-13(10-16(19-15)17-4-2)11-5-6-14-12(9-11)7-8-20-14/h5-6,9-10H,3-4,7-8H2,1-2H3,(H,17,18,19). The van der Waals surface area contributed by atoms with E-state index < -0.39 is 0 Å². The molecule has 0 saturated heterocycles. The summed E-state index contributed by atoms with van der Waals surface area (Å²) in [5.74, 6) is 2.77. The maximum absolute atomic E-state index is 5.55. The van der Waals surface area contributed by atoms with Crippen LogP contribution in [0.25, 0.3) is 11.3 Å². The molecule has 2 heterocycles. The van der Waals surface area contributed by atoms with Gasteiger partial charge in [0.2, 0.25) is 0 Å². The van der Waals surface area contributed by atoms with Gasteiger partial charge in [-0.1, -0.05) is 6.92 Å². The predicted octanol–water partition coefficient (Wildman–Crippen LogP) is 3.07. The van der Waals surface area contributed by atoms with Gasteiger partial charge in [0, 0.05) is 31.0 Å². The Kier molecular flexibility index (Phi) is 3.54. The first-order valence-electron chi connectivity index (χ1n) is 7.18. The number of fused-ring (bicyclic) bond motifs is 1. The highest BCUT2D eigenvalue weighted by Crippen LogP contribution is 2.30. The van der Waals surface area contributed by atoms with Crippen LogP contribution in [0.2, 0.25) is 0 Å². The minimum absolute atomic E-state index is 0.783. The molecule has 1 aliphatic heterocycles. The molecule has 0 radical (unpaired) electrons. The molecule has 0 spiro atoms. The lowest BCUT2D eigenvalue weighted by Gasteiger charge is -2.09. The molecule has 0 bridgehead atoms. The predicted molar refractivity (Wildman–Crippen MR) is 80.2 cm³/mol. The lowest BCUT2D eigenvalue weighted by atomic mass is 10.1. The van der Waals surface area contributed by atoms with E-state index in [0.29, 0.717) is 0 Å². The minimum Gasteiger partial charge on any atom is -0.493 e. The van der Waals surface area contributed by atoms with Gasteiger partial charge in [0.1, 0.15) is 17.4 Å². The molecule has 1 aliphatic rings. The van der Waals surface area contributed by atoms with Crippen LogP contribution in [0.15, 0.2) is 24.3 Å². The van der Waals surface area contributed by atoms with Crippen LogP contribution in [0.3, 0.4) is 0 Å². The van der Waals surface area contributed by atoms with Crippen molar-refractivity contribution >= 4 is 5.82 Å². The molecule has 1 aromatic heterocycles. The normalized spacial score (nSPS) is 12.9. The third-order valence-electron chi connectivity index (χ3n) is 3.43. The first kappa shape index (κ1) is 12.9. The van der Waals surface area contributed by atoms with Gasteiger partial charge in [-0.15, -0.1) is 0 Å². The number of nitrogens with zero attached hydrogens (tertiary/aromatic N) is 2. The second kappa shape index (κ2) is 5.49. The van der Waals surface area contributed by atoms with Gasteiger partial charge >= 0.3 is 0 Å². The Hall–Kier alpha value is -2.10. The van der Waals surface area contributed by atoms with E-state index in [1.807, 2.05) is 12.1 Å². The molecular formula is C16H19N3O. The molecule has 0 unspecified atom stereocenters. The summed E-state index contributed by atoms with van der Waals surface area (Å²) in [6.45, 7) is 5.79. The van der Waals surface area contributed by atoms with Gasteiger partial charge < -0.3 is 10.1 Å². The summed E-state index contributed by atoms with van der Waals surface area (Å²) in [5, 5.41) is 3.27. The van der Waals surface area contributed by atoms with Gasteiger partial charge in [0.15, 0.2) is 0 Å². The number of hydrogen-bond acceptors (Lipinski definition) is 4. The molecule has 4 nitrogen and oxygen atoms in total. The van der Waals surface area contributed by atoms with Crippen molar-refractivity contribution in [1.29, 1.82) is 0 Å². The SMILES string of the molecule is CCNc1cc(-c2ccc3c(c2)CCO3)nc(CC)n1. The van der Waals surface area contributed by atoms with Crippen molar-refractivity contribution in [1.82, 2.24) is 9.97 Å². The zero-order chi connectivity index (χ0) is 13.9. The minimum atomic E-state index is 0.783. The fraction of sp³-hybridized carbons (Fsp3) is 0.375. The van der Waals surface area contributed by atoms with E-state index in [4.69, 9.17) is 4.74 Å². The molecule has 104 valence electrons. The van der Waals surface area contributed by atoms with Crippen molar-refractivity contribution < 1.29 is 4.74 Å². The van der Waals surface area contributed by atoms with E-state index >= 15 is 0 Å². The van der Waals surface area contributed by atoms with Crippen LogP contribution in [0.5, 0.6) is 5.75 Å². The first-order valence-corrected chi connectivity index (χ1v) is 7.18. The molecule has 0 saturated carbocycles. The molecule has 4 heteroatoms. The summed E-state index contributed by atoms with van der Waals surface area (Å²) in [6.07, 6.45) is 1.81. The zero-order valence-electron chi connectivity index (χ0n) is 11.9. The Morgan fingerprint density at radius 2 is 2.10 bits per heavy atom. The molecule has 1 N–H and O–H groups in total. The number of nitrogens with one attached hydrogen (secondary N) is 1. The molecule has 20 heavy (non-hydrogen) atoms. The summed E-state index contributed by atoms with van der Waals surface area (Å²) in [7, 11) is 0. The lowest BCUT2D eigenvalue weighted by Crippen LogP contribution is -2.04. The second-order valence-electron chi connectivity index (χ2n) is 4.86. The van der Waals surface area contributed by atoms with E-state index in [1.54, 1.807) is 0 Å². The topological polar surface area (TPSA) is 47.0 Å². The first-order chi connectivity index (χ1) is 9.80. The Labute approximate surface area is 119 Å². The number of hydrogen-bond donors (Lipinski definition) is 1. The summed E-state index contributed by atoms with van der Waals surface area (Å²) < 4.78 is 5.55. The molecule has 1 aromatic carbocycles. The van der Waals surface area contributed by atoms with Crippen LogP contribution in [-0.4, -0.2) is 23.1 Å². The number of anilines is 1. The third-order valence-corrected chi connectivity index (χ3v) is 3.43. The van der Waals surface area contributed by atoms with Crippen LogP contribution >= 0.6 is 0 Å². The summed E-state index contributed by atoms with van der Waals surface area (Å²) in [6, 6.07) is 8.31. The summed E-state index contributed by atoms with van der Waals surface area (Å²) in [5.41, 5.74) is 3.37. The van der Waals surface area contributed by atoms with Crippen LogP contribution < -0.4 is 10.1 Å². The smallest absolute Gasteiger partial charge is 0.131 e. The lowest BCUT2D eigenvalue weighted by molar-refractivity contribution is 0.357. The van der Waals surface area contributed by atoms with Gasteiger partial charge in [-0.05, 0) is 30.7 Å². The monoisotopic (exact) mass is 269 g/mol. The van der Waals surface area contributed by atoms with E-state index in [-0.39, 0.29) is 0 Å². The molecule has 0 atom stereocenters. The fourth-order valence-corrected chi connectivity index (χ4v) is 2.42. The largest absolute Gasteiger partial charge is 0.493 e. The Morgan fingerprint density at radius 3 is 2.90 bits per heavy atom. The van der Waals surface area contributed by atoms with Crippen molar-refractivity contribution in [2.75, 3.05) is 18.5 Å². The van der Waals surface area contributed by atoms with Crippen LogP contribution in [0.4, 0.5) is 5.82 Å². The number of rotatable bonds is 4. The van der Waals surface area contributed by atoms with Crippen LogP contribution in [0.1, 0.15) is 25.2 Å². The number of aryl methyl sites for hydroxylation is 1. The Balaban J connectivity index is 2.02. The number of aromatic nitrogens is 2. The molecule has 0 amide bonds. The van der Waals surface area contributed by atoms with E-state index in [2.05, 4.69) is 41.3 Å². The van der Waals surface area contributed by atoms with Crippen LogP contribution in [0, 0.1) is 0 Å². The zero-order valence-corrected chi connectivity index (χ0v) is 11.9. The van der Waals surface area contributed by atoms with Crippen molar-refractivity contribution in [2.45, 2.75) is 26.7 Å². The average Bonchev–Trinajstić information content (AvgIpc) is 2.94. The van der Waals surface area contributed by atoms with Gasteiger partial charge in [0.05, 0.1) is 12.3 Å².